The van der Waals surface area contributed by atoms with E-state index in [1.165, 1.54) is 11.1 Å². The van der Waals surface area contributed by atoms with Crippen LogP contribution in [0.4, 0.5) is 0 Å². The molecule has 1 atom stereocenters. The van der Waals surface area contributed by atoms with E-state index in [0.29, 0.717) is 6.04 Å². The number of rotatable bonds is 8. The molecule has 1 unspecified atom stereocenters. The summed E-state index contributed by atoms with van der Waals surface area (Å²) < 4.78 is 7.43. The number of aromatic nitrogens is 2. The van der Waals surface area contributed by atoms with E-state index >= 15 is 0 Å². The number of hydrogen-bond donors (Lipinski definition) is 1. The number of aryl methyl sites for hydroxylation is 3. The molecule has 0 saturated heterocycles. The van der Waals surface area contributed by atoms with Crippen molar-refractivity contribution in [3.8, 4) is 0 Å². The number of hydrogen-bond acceptors (Lipinski definition) is 3. The number of nitrogens with zero attached hydrogens (tertiary/aromatic N) is 2. The molecule has 110 valence electrons. The van der Waals surface area contributed by atoms with Crippen molar-refractivity contribution in [2.24, 2.45) is 7.05 Å². The van der Waals surface area contributed by atoms with Crippen LogP contribution in [0.1, 0.15) is 49.6 Å². The maximum absolute atomic E-state index is 5.57. The molecule has 0 radical (unpaired) electrons. The molecule has 4 nitrogen and oxygen atoms in total. The molecule has 2 rings (SSSR count). The zero-order valence-electron chi connectivity index (χ0n) is 12.7. The van der Waals surface area contributed by atoms with Crippen molar-refractivity contribution in [1.82, 2.24) is 15.1 Å². The van der Waals surface area contributed by atoms with Crippen LogP contribution in [0, 0.1) is 0 Å². The maximum atomic E-state index is 5.57. The van der Waals surface area contributed by atoms with E-state index in [4.69, 9.17) is 4.42 Å². The normalized spacial score (nSPS) is 12.8. The van der Waals surface area contributed by atoms with Gasteiger partial charge in [-0.1, -0.05) is 13.8 Å². The van der Waals surface area contributed by atoms with Gasteiger partial charge in [-0.15, -0.1) is 0 Å². The second-order valence-electron chi connectivity index (χ2n) is 5.22. The van der Waals surface area contributed by atoms with Gasteiger partial charge >= 0.3 is 0 Å². The van der Waals surface area contributed by atoms with Gasteiger partial charge in [0.15, 0.2) is 0 Å². The smallest absolute Gasteiger partial charge is 0.108 e. The first-order valence-electron chi connectivity index (χ1n) is 7.51. The Labute approximate surface area is 121 Å². The molecule has 0 amide bonds. The Morgan fingerprint density at radius 1 is 1.40 bits per heavy atom. The van der Waals surface area contributed by atoms with Crippen molar-refractivity contribution in [3.63, 3.8) is 0 Å². The average Bonchev–Trinajstić information content (AvgIpc) is 3.07. The Morgan fingerprint density at radius 2 is 2.25 bits per heavy atom. The Morgan fingerprint density at radius 3 is 2.90 bits per heavy atom. The predicted molar refractivity (Wildman–Crippen MR) is 80.6 cm³/mol. The largest absolute Gasteiger partial charge is 0.469 e. The SMILES string of the molecule is CCCNC(CCc1cnn(C)c1)c1ccoc1CC. The van der Waals surface area contributed by atoms with Crippen molar-refractivity contribution in [3.05, 3.63) is 41.6 Å². The molecular formula is C16H25N3O. The third-order valence-electron chi connectivity index (χ3n) is 3.60. The number of furan rings is 1. The molecular weight excluding hydrogens is 250 g/mol. The highest BCUT2D eigenvalue weighted by molar-refractivity contribution is 5.22. The molecule has 1 N–H and O–H groups in total. The fourth-order valence-corrected chi connectivity index (χ4v) is 2.55. The van der Waals surface area contributed by atoms with Crippen LogP contribution in [-0.4, -0.2) is 16.3 Å². The minimum absolute atomic E-state index is 0.365. The fraction of sp³-hybridized carbons (Fsp3) is 0.562. The van der Waals surface area contributed by atoms with Gasteiger partial charge in [0.2, 0.25) is 0 Å². The zero-order valence-corrected chi connectivity index (χ0v) is 12.7. The van der Waals surface area contributed by atoms with Gasteiger partial charge in [-0.2, -0.15) is 5.10 Å². The molecule has 0 aromatic carbocycles. The summed E-state index contributed by atoms with van der Waals surface area (Å²) in [5.41, 5.74) is 2.60. The third kappa shape index (κ3) is 3.73. The van der Waals surface area contributed by atoms with Crippen molar-refractivity contribution < 1.29 is 4.42 Å². The van der Waals surface area contributed by atoms with E-state index in [1.54, 1.807) is 6.26 Å². The first-order valence-corrected chi connectivity index (χ1v) is 7.51. The van der Waals surface area contributed by atoms with Crippen molar-refractivity contribution in [1.29, 1.82) is 0 Å². The molecule has 0 aliphatic rings. The Bertz CT molecular complexity index is 515. The summed E-state index contributed by atoms with van der Waals surface area (Å²) in [7, 11) is 1.96. The minimum atomic E-state index is 0.365. The van der Waals surface area contributed by atoms with Gasteiger partial charge in [0, 0.05) is 31.3 Å². The van der Waals surface area contributed by atoms with Gasteiger partial charge < -0.3 is 9.73 Å². The monoisotopic (exact) mass is 275 g/mol. The zero-order chi connectivity index (χ0) is 14.4. The fourth-order valence-electron chi connectivity index (χ4n) is 2.55. The second kappa shape index (κ2) is 7.29. The van der Waals surface area contributed by atoms with Crippen molar-refractivity contribution in [2.45, 2.75) is 45.6 Å². The van der Waals surface area contributed by atoms with E-state index < -0.39 is 0 Å². The topological polar surface area (TPSA) is 43.0 Å². The molecule has 2 aromatic rings. The third-order valence-corrected chi connectivity index (χ3v) is 3.60. The van der Waals surface area contributed by atoms with E-state index in [1.807, 2.05) is 17.9 Å². The summed E-state index contributed by atoms with van der Waals surface area (Å²) in [5.74, 6) is 1.10. The van der Waals surface area contributed by atoms with Gasteiger partial charge in [-0.3, -0.25) is 4.68 Å². The molecule has 0 spiro atoms. The van der Waals surface area contributed by atoms with Gasteiger partial charge in [-0.05, 0) is 37.4 Å². The molecule has 2 aromatic heterocycles. The van der Waals surface area contributed by atoms with Gasteiger partial charge in [-0.25, -0.2) is 0 Å². The molecule has 0 aliphatic carbocycles. The summed E-state index contributed by atoms with van der Waals surface area (Å²) in [6, 6.07) is 2.47. The standard InChI is InChI=1S/C16H25N3O/c1-4-9-17-15(14-8-10-20-16(14)5-2)7-6-13-11-18-19(3)12-13/h8,10-12,15,17H,4-7,9H2,1-3H3. The summed E-state index contributed by atoms with van der Waals surface area (Å²) in [6.45, 7) is 5.37. The molecule has 2 heterocycles. The summed E-state index contributed by atoms with van der Waals surface area (Å²) in [6.07, 6.45) is 10.0. The van der Waals surface area contributed by atoms with Crippen molar-refractivity contribution in [2.75, 3.05) is 6.54 Å². The highest BCUT2D eigenvalue weighted by Crippen LogP contribution is 2.24. The lowest BCUT2D eigenvalue weighted by Gasteiger charge is -2.18. The van der Waals surface area contributed by atoms with Crippen LogP contribution in [0.15, 0.2) is 29.1 Å². The molecule has 0 bridgehead atoms. The van der Waals surface area contributed by atoms with E-state index in [-0.39, 0.29) is 0 Å². The van der Waals surface area contributed by atoms with Crippen LogP contribution in [0.2, 0.25) is 0 Å². The van der Waals surface area contributed by atoms with Crippen LogP contribution in [0.5, 0.6) is 0 Å². The molecule has 20 heavy (non-hydrogen) atoms. The van der Waals surface area contributed by atoms with E-state index in [2.05, 4.69) is 36.5 Å². The molecule has 0 saturated carbocycles. The summed E-state index contributed by atoms with van der Waals surface area (Å²) in [4.78, 5) is 0. The maximum Gasteiger partial charge on any atom is 0.108 e. The van der Waals surface area contributed by atoms with Crippen LogP contribution < -0.4 is 5.32 Å². The molecule has 0 fully saturated rings. The first kappa shape index (κ1) is 14.9. The summed E-state index contributed by atoms with van der Waals surface area (Å²) >= 11 is 0. The van der Waals surface area contributed by atoms with E-state index in [9.17, 15) is 0 Å². The lowest BCUT2D eigenvalue weighted by Crippen LogP contribution is -2.23. The van der Waals surface area contributed by atoms with Gasteiger partial charge in [0.05, 0.1) is 12.5 Å². The van der Waals surface area contributed by atoms with Gasteiger partial charge in [0.1, 0.15) is 5.76 Å². The molecule has 4 heteroatoms. The van der Waals surface area contributed by atoms with Crippen molar-refractivity contribution >= 4 is 0 Å². The second-order valence-corrected chi connectivity index (χ2v) is 5.22. The van der Waals surface area contributed by atoms with Crippen LogP contribution >= 0.6 is 0 Å². The average molecular weight is 275 g/mol. The van der Waals surface area contributed by atoms with Crippen LogP contribution in [0.3, 0.4) is 0 Å². The van der Waals surface area contributed by atoms with Crippen LogP contribution in [-0.2, 0) is 19.9 Å². The van der Waals surface area contributed by atoms with Gasteiger partial charge in [0.25, 0.3) is 0 Å². The Hall–Kier alpha value is -1.55. The Kier molecular flexibility index (Phi) is 5.41. The first-order chi connectivity index (χ1) is 9.74. The lowest BCUT2D eigenvalue weighted by molar-refractivity contribution is 0.467. The Balaban J connectivity index is 2.03. The van der Waals surface area contributed by atoms with E-state index in [0.717, 1.165) is 38.0 Å². The minimum Gasteiger partial charge on any atom is -0.469 e. The lowest BCUT2D eigenvalue weighted by atomic mass is 9.99. The highest BCUT2D eigenvalue weighted by atomic mass is 16.3. The highest BCUT2D eigenvalue weighted by Gasteiger charge is 2.16. The van der Waals surface area contributed by atoms with Crippen LogP contribution in [0.25, 0.3) is 0 Å². The number of nitrogens with one attached hydrogen (secondary N) is 1. The molecule has 0 aliphatic heterocycles. The summed E-state index contributed by atoms with van der Waals surface area (Å²) in [5, 5.41) is 7.87. The quantitative estimate of drug-likeness (QED) is 0.804. The predicted octanol–water partition coefficient (Wildman–Crippen LogP) is 3.25.